The van der Waals surface area contributed by atoms with E-state index >= 15 is 0 Å². The molecule has 3 N–H and O–H groups in total. The Hall–Kier alpha value is -0.610. The number of nitrogens with zero attached hydrogens (tertiary/aromatic N) is 1. The molecule has 0 saturated heterocycles. The first-order valence-corrected chi connectivity index (χ1v) is 4.40. The summed E-state index contributed by atoms with van der Waals surface area (Å²) in [4.78, 5) is 10.4. The topological polar surface area (TPSA) is 58.4 Å². The molecule has 1 amide bonds. The monoisotopic (exact) mass is 173 g/mol. The number of carbonyl (C=O) groups excluding carboxylic acids is 1. The molecule has 0 spiro atoms. The number of nitrogens with two attached hydrogens (primary N) is 1. The van der Waals surface area contributed by atoms with E-state index in [2.05, 4.69) is 5.32 Å². The molecule has 72 valence electrons. The minimum absolute atomic E-state index is 0.365. The van der Waals surface area contributed by atoms with E-state index in [0.29, 0.717) is 6.41 Å². The third-order valence-corrected chi connectivity index (χ3v) is 2.39. The molecule has 0 unspecified atom stereocenters. The second kappa shape index (κ2) is 5.11. The predicted octanol–water partition coefficient (Wildman–Crippen LogP) is 0.444. The highest BCUT2D eigenvalue weighted by Gasteiger charge is 2.29. The van der Waals surface area contributed by atoms with E-state index in [9.17, 15) is 4.79 Å². The molecular formula is C8H19N3O. The molecule has 0 aromatic carbocycles. The molecule has 0 atom stereocenters. The van der Waals surface area contributed by atoms with Crippen molar-refractivity contribution in [3.05, 3.63) is 0 Å². The van der Waals surface area contributed by atoms with Crippen LogP contribution in [-0.2, 0) is 4.79 Å². The predicted molar refractivity (Wildman–Crippen MR) is 49.1 cm³/mol. The molecule has 0 aliphatic rings. The fraction of sp³-hybridized carbons (Fsp3) is 0.875. The van der Waals surface area contributed by atoms with Gasteiger partial charge < -0.3 is 5.32 Å². The van der Waals surface area contributed by atoms with Crippen molar-refractivity contribution in [3.63, 3.8) is 0 Å². The van der Waals surface area contributed by atoms with E-state index in [1.807, 2.05) is 20.8 Å². The van der Waals surface area contributed by atoms with Crippen LogP contribution in [0.25, 0.3) is 0 Å². The van der Waals surface area contributed by atoms with Gasteiger partial charge in [0, 0.05) is 6.54 Å². The smallest absolute Gasteiger partial charge is 0.208 e. The Morgan fingerprint density at radius 2 is 1.92 bits per heavy atom. The summed E-state index contributed by atoms with van der Waals surface area (Å²) in [6.07, 6.45) is 2.34. The van der Waals surface area contributed by atoms with Crippen LogP contribution < -0.4 is 11.2 Å². The lowest BCUT2D eigenvalue weighted by molar-refractivity contribution is -0.114. The summed E-state index contributed by atoms with van der Waals surface area (Å²) in [5.74, 6) is 5.77. The van der Waals surface area contributed by atoms with E-state index in [0.717, 1.165) is 19.4 Å². The van der Waals surface area contributed by atoms with Crippen LogP contribution in [0.4, 0.5) is 0 Å². The summed E-state index contributed by atoms with van der Waals surface area (Å²) in [5, 5.41) is 4.43. The third-order valence-electron chi connectivity index (χ3n) is 2.39. The van der Waals surface area contributed by atoms with Gasteiger partial charge in [0.25, 0.3) is 0 Å². The van der Waals surface area contributed by atoms with Crippen LogP contribution >= 0.6 is 0 Å². The number of hydrogen-bond donors (Lipinski definition) is 2. The number of hydrazine groups is 1. The van der Waals surface area contributed by atoms with Gasteiger partial charge in [-0.3, -0.25) is 10.6 Å². The average molecular weight is 173 g/mol. The molecule has 0 aromatic heterocycles. The van der Waals surface area contributed by atoms with E-state index in [1.165, 1.54) is 0 Å². The van der Waals surface area contributed by atoms with Crippen LogP contribution in [0.5, 0.6) is 0 Å². The van der Waals surface area contributed by atoms with Crippen LogP contribution in [0.1, 0.15) is 33.6 Å². The van der Waals surface area contributed by atoms with Crippen LogP contribution in [-0.4, -0.2) is 23.6 Å². The first kappa shape index (κ1) is 11.4. The van der Waals surface area contributed by atoms with Crippen molar-refractivity contribution in [2.45, 2.75) is 39.3 Å². The first-order chi connectivity index (χ1) is 5.66. The molecule has 0 saturated carbocycles. The van der Waals surface area contributed by atoms with Gasteiger partial charge in [0.2, 0.25) is 6.41 Å². The quantitative estimate of drug-likeness (QED) is 0.265. The summed E-state index contributed by atoms with van der Waals surface area (Å²) < 4.78 is 0. The average Bonchev–Trinajstić information content (AvgIpc) is 2.13. The minimum Gasteiger partial charge on any atom is -0.339 e. The maximum Gasteiger partial charge on any atom is 0.208 e. The van der Waals surface area contributed by atoms with Crippen LogP contribution in [0.2, 0.25) is 0 Å². The molecule has 0 radical (unpaired) electrons. The molecule has 0 aliphatic carbocycles. The fourth-order valence-electron chi connectivity index (χ4n) is 1.36. The van der Waals surface area contributed by atoms with Crippen molar-refractivity contribution >= 4 is 6.41 Å². The lowest BCUT2D eigenvalue weighted by Gasteiger charge is -2.39. The molecule has 0 aromatic rings. The molecular weight excluding hydrogens is 154 g/mol. The minimum atomic E-state index is -0.365. The second-order valence-corrected chi connectivity index (χ2v) is 2.79. The van der Waals surface area contributed by atoms with Gasteiger partial charge in [-0.15, -0.1) is 0 Å². The number of nitrogens with one attached hydrogen (secondary N) is 1. The summed E-state index contributed by atoms with van der Waals surface area (Å²) >= 11 is 0. The van der Waals surface area contributed by atoms with E-state index in [4.69, 9.17) is 5.84 Å². The van der Waals surface area contributed by atoms with Crippen LogP contribution in [0.3, 0.4) is 0 Å². The first-order valence-electron chi connectivity index (χ1n) is 4.40. The Morgan fingerprint density at radius 3 is 2.17 bits per heavy atom. The normalized spacial score (nSPS) is 11.8. The van der Waals surface area contributed by atoms with E-state index in [1.54, 1.807) is 5.01 Å². The highest BCUT2D eigenvalue weighted by Crippen LogP contribution is 2.16. The lowest BCUT2D eigenvalue weighted by Crippen LogP contribution is -2.60. The zero-order valence-electron chi connectivity index (χ0n) is 8.13. The Balaban J connectivity index is 4.43. The summed E-state index contributed by atoms with van der Waals surface area (Å²) in [6.45, 7) is 6.71. The van der Waals surface area contributed by atoms with Crippen molar-refractivity contribution in [2.24, 2.45) is 5.84 Å². The van der Waals surface area contributed by atoms with Gasteiger partial charge in [-0.25, -0.2) is 5.01 Å². The molecule has 0 heterocycles. The van der Waals surface area contributed by atoms with Gasteiger partial charge in [0.1, 0.15) is 5.66 Å². The van der Waals surface area contributed by atoms with Crippen LogP contribution in [0, 0.1) is 0 Å². The lowest BCUT2D eigenvalue weighted by atomic mass is 10.0. The van der Waals surface area contributed by atoms with E-state index < -0.39 is 0 Å². The molecule has 12 heavy (non-hydrogen) atoms. The molecule has 4 heteroatoms. The maximum absolute atomic E-state index is 10.4. The highest BCUT2D eigenvalue weighted by molar-refractivity contribution is 5.47. The molecule has 0 aliphatic heterocycles. The van der Waals surface area contributed by atoms with Gasteiger partial charge in [-0.1, -0.05) is 20.8 Å². The zero-order valence-corrected chi connectivity index (χ0v) is 8.13. The number of amides is 1. The zero-order chi connectivity index (χ0) is 9.61. The maximum atomic E-state index is 10.4. The van der Waals surface area contributed by atoms with Gasteiger partial charge in [0.15, 0.2) is 0 Å². The van der Waals surface area contributed by atoms with Gasteiger partial charge in [0.05, 0.1) is 0 Å². The molecule has 0 bridgehead atoms. The van der Waals surface area contributed by atoms with Gasteiger partial charge >= 0.3 is 0 Å². The highest BCUT2D eigenvalue weighted by atomic mass is 16.1. The van der Waals surface area contributed by atoms with E-state index in [-0.39, 0.29) is 5.66 Å². The molecule has 0 rings (SSSR count). The SMILES string of the molecule is CCN(N)C(CC)(CC)NC=O. The van der Waals surface area contributed by atoms with Crippen molar-refractivity contribution < 1.29 is 4.79 Å². The van der Waals surface area contributed by atoms with Gasteiger partial charge in [-0.05, 0) is 12.8 Å². The number of hydrogen-bond acceptors (Lipinski definition) is 3. The summed E-state index contributed by atoms with van der Waals surface area (Å²) in [6, 6.07) is 0. The molecule has 0 fully saturated rings. The summed E-state index contributed by atoms with van der Waals surface area (Å²) in [5.41, 5.74) is -0.365. The standard InChI is InChI=1S/C8H19N3O/c1-4-8(5-2,10-7-12)11(9)6-3/h7H,4-6,9H2,1-3H3,(H,10,12). The van der Waals surface area contributed by atoms with Gasteiger partial charge in [-0.2, -0.15) is 0 Å². The number of rotatable bonds is 6. The Kier molecular flexibility index (Phi) is 4.85. The van der Waals surface area contributed by atoms with Crippen molar-refractivity contribution in [1.82, 2.24) is 10.3 Å². The Bertz CT molecular complexity index is 134. The van der Waals surface area contributed by atoms with Crippen LogP contribution in [0.15, 0.2) is 0 Å². The van der Waals surface area contributed by atoms with Crippen molar-refractivity contribution in [3.8, 4) is 0 Å². The fourth-order valence-corrected chi connectivity index (χ4v) is 1.36. The van der Waals surface area contributed by atoms with Crippen molar-refractivity contribution in [2.75, 3.05) is 6.54 Å². The molecule has 4 nitrogen and oxygen atoms in total. The summed E-state index contributed by atoms with van der Waals surface area (Å²) in [7, 11) is 0. The second-order valence-electron chi connectivity index (χ2n) is 2.79. The Morgan fingerprint density at radius 1 is 1.42 bits per heavy atom. The Labute approximate surface area is 74.1 Å². The van der Waals surface area contributed by atoms with Crippen molar-refractivity contribution in [1.29, 1.82) is 0 Å². The number of carbonyl (C=O) groups is 1. The largest absolute Gasteiger partial charge is 0.339 e. The third kappa shape index (κ3) is 2.19.